The molecule has 0 bridgehead atoms. The summed E-state index contributed by atoms with van der Waals surface area (Å²) < 4.78 is 6.79. The predicted molar refractivity (Wildman–Crippen MR) is 150 cm³/mol. The molecule has 0 spiro atoms. The maximum Gasteiger partial charge on any atom is 0.224 e. The molecule has 0 aromatic heterocycles. The van der Waals surface area contributed by atoms with Crippen molar-refractivity contribution in [3.05, 3.63) is 64.7 Å². The first-order valence-electron chi connectivity index (χ1n) is 12.9. The van der Waals surface area contributed by atoms with Gasteiger partial charge in [-0.25, -0.2) is 0 Å². The lowest BCUT2D eigenvalue weighted by atomic mass is 10.0. The molecule has 2 rings (SSSR count). The van der Waals surface area contributed by atoms with E-state index < -0.39 is 8.32 Å². The zero-order valence-corrected chi connectivity index (χ0v) is 24.3. The fourth-order valence-electron chi connectivity index (χ4n) is 3.85. The number of aliphatic hydroxyl groups excluding tert-OH is 1. The SMILES string of the molecule is CC(C)NC(=O)Cc1cccc(C[C@@H](C)NC[C@H](O[Si](C)(C)C(C)(C)C)c2ccc(O)c(CO)c2)c1. The van der Waals surface area contributed by atoms with Crippen molar-refractivity contribution >= 4 is 14.2 Å². The molecule has 0 unspecified atom stereocenters. The number of aliphatic hydroxyl groups is 1. The molecule has 7 heteroatoms. The van der Waals surface area contributed by atoms with E-state index in [1.807, 2.05) is 38.1 Å². The Bertz CT molecular complexity index is 1000. The highest BCUT2D eigenvalue weighted by atomic mass is 28.4. The first kappa shape index (κ1) is 30.0. The third-order valence-corrected chi connectivity index (χ3v) is 11.4. The fourth-order valence-corrected chi connectivity index (χ4v) is 5.14. The van der Waals surface area contributed by atoms with Gasteiger partial charge in [0.1, 0.15) is 5.75 Å². The minimum Gasteiger partial charge on any atom is -0.508 e. The first-order chi connectivity index (χ1) is 16.7. The van der Waals surface area contributed by atoms with Crippen LogP contribution in [0.5, 0.6) is 5.75 Å². The topological polar surface area (TPSA) is 90.8 Å². The molecule has 36 heavy (non-hydrogen) atoms. The monoisotopic (exact) mass is 514 g/mol. The molecule has 0 aliphatic carbocycles. The number of nitrogens with one attached hydrogen (secondary N) is 2. The van der Waals surface area contributed by atoms with Crippen LogP contribution in [0, 0.1) is 0 Å². The summed E-state index contributed by atoms with van der Waals surface area (Å²) in [5.41, 5.74) is 3.64. The fraction of sp³-hybridized carbons (Fsp3) is 0.552. The van der Waals surface area contributed by atoms with Gasteiger partial charge in [0, 0.05) is 24.2 Å². The molecule has 0 aliphatic rings. The van der Waals surface area contributed by atoms with Crippen LogP contribution in [0.15, 0.2) is 42.5 Å². The van der Waals surface area contributed by atoms with E-state index in [0.717, 1.165) is 17.5 Å². The Morgan fingerprint density at radius 2 is 1.72 bits per heavy atom. The number of hydrogen-bond donors (Lipinski definition) is 4. The van der Waals surface area contributed by atoms with E-state index in [-0.39, 0.29) is 41.5 Å². The number of benzene rings is 2. The second-order valence-corrected chi connectivity index (χ2v) is 16.4. The predicted octanol–water partition coefficient (Wildman–Crippen LogP) is 5.24. The zero-order valence-electron chi connectivity index (χ0n) is 23.3. The van der Waals surface area contributed by atoms with Crippen LogP contribution < -0.4 is 10.6 Å². The molecule has 0 fully saturated rings. The Kier molecular flexibility index (Phi) is 10.7. The maximum absolute atomic E-state index is 12.2. The number of carbonyl (C=O) groups is 1. The van der Waals surface area contributed by atoms with E-state index >= 15 is 0 Å². The molecule has 4 N–H and O–H groups in total. The quantitative estimate of drug-likeness (QED) is 0.291. The van der Waals surface area contributed by atoms with Crippen LogP contribution in [-0.4, -0.2) is 43.1 Å². The molecule has 0 saturated heterocycles. The number of phenols is 1. The Hall–Kier alpha value is -2.19. The van der Waals surface area contributed by atoms with Crippen LogP contribution in [0.1, 0.15) is 69.9 Å². The van der Waals surface area contributed by atoms with E-state index in [4.69, 9.17) is 4.43 Å². The molecule has 2 aromatic carbocycles. The van der Waals surface area contributed by atoms with Gasteiger partial charge in [0.2, 0.25) is 5.91 Å². The van der Waals surface area contributed by atoms with Gasteiger partial charge in [-0.3, -0.25) is 4.79 Å². The smallest absolute Gasteiger partial charge is 0.224 e. The molecule has 200 valence electrons. The molecule has 0 aliphatic heterocycles. The number of aromatic hydroxyl groups is 1. The lowest BCUT2D eigenvalue weighted by Crippen LogP contribution is -2.44. The van der Waals surface area contributed by atoms with Crippen LogP contribution in [0.4, 0.5) is 0 Å². The van der Waals surface area contributed by atoms with Crippen molar-refractivity contribution in [2.45, 2.75) is 97.3 Å². The summed E-state index contributed by atoms with van der Waals surface area (Å²) in [5.74, 6) is 0.130. The second kappa shape index (κ2) is 12.9. The molecule has 1 amide bonds. The summed E-state index contributed by atoms with van der Waals surface area (Å²) in [6, 6.07) is 13.9. The summed E-state index contributed by atoms with van der Waals surface area (Å²) in [5, 5.41) is 26.3. The normalized spacial score (nSPS) is 14.1. The van der Waals surface area contributed by atoms with Crippen LogP contribution in [-0.2, 0) is 28.7 Å². The van der Waals surface area contributed by atoms with Crippen LogP contribution in [0.25, 0.3) is 0 Å². The van der Waals surface area contributed by atoms with E-state index in [1.54, 1.807) is 6.07 Å². The van der Waals surface area contributed by atoms with Gasteiger partial charge in [-0.2, -0.15) is 0 Å². The van der Waals surface area contributed by atoms with E-state index in [2.05, 4.69) is 63.6 Å². The molecular weight excluding hydrogens is 468 g/mol. The van der Waals surface area contributed by atoms with Crippen molar-refractivity contribution in [1.82, 2.24) is 10.6 Å². The van der Waals surface area contributed by atoms with Crippen LogP contribution in [0.2, 0.25) is 18.1 Å². The minimum absolute atomic E-state index is 0.0371. The molecule has 2 atom stereocenters. The Morgan fingerprint density at radius 3 is 2.33 bits per heavy atom. The number of hydrogen-bond acceptors (Lipinski definition) is 5. The van der Waals surface area contributed by atoms with E-state index in [0.29, 0.717) is 18.5 Å². The van der Waals surface area contributed by atoms with Gasteiger partial charge in [0.15, 0.2) is 8.32 Å². The van der Waals surface area contributed by atoms with Gasteiger partial charge in [-0.15, -0.1) is 0 Å². The van der Waals surface area contributed by atoms with E-state index in [1.165, 1.54) is 5.56 Å². The Balaban J connectivity index is 2.12. The molecule has 2 aromatic rings. The zero-order chi connectivity index (χ0) is 27.1. The average Bonchev–Trinajstić information content (AvgIpc) is 2.75. The highest BCUT2D eigenvalue weighted by Gasteiger charge is 2.39. The standard InChI is InChI=1S/C29H46N2O4Si/c1-20(2)31-28(34)16-23-11-9-10-22(15-23)14-21(3)30-18-27(35-36(7,8)29(4,5)6)24-12-13-26(33)25(17-24)19-32/h9-13,15,17,20-21,27,30,32-33H,14,16,18-19H2,1-8H3,(H,31,34)/t21-,27+/m1/s1. The highest BCUT2D eigenvalue weighted by Crippen LogP contribution is 2.40. The lowest BCUT2D eigenvalue weighted by molar-refractivity contribution is -0.120. The van der Waals surface area contributed by atoms with E-state index in [9.17, 15) is 15.0 Å². The minimum atomic E-state index is -2.08. The Morgan fingerprint density at radius 1 is 1.06 bits per heavy atom. The molecule has 0 saturated carbocycles. The van der Waals surface area contributed by atoms with Crippen LogP contribution >= 0.6 is 0 Å². The summed E-state index contributed by atoms with van der Waals surface area (Å²) in [6.07, 6.45) is 0.999. The maximum atomic E-state index is 12.2. The van der Waals surface area contributed by atoms with Gasteiger partial charge in [0.05, 0.1) is 19.1 Å². The first-order valence-corrected chi connectivity index (χ1v) is 15.8. The summed E-state index contributed by atoms with van der Waals surface area (Å²) in [7, 11) is -2.08. The number of amides is 1. The molecular formula is C29H46N2O4Si. The highest BCUT2D eigenvalue weighted by molar-refractivity contribution is 6.74. The van der Waals surface area contributed by atoms with Crippen molar-refractivity contribution in [2.75, 3.05) is 6.54 Å². The van der Waals surface area contributed by atoms with Crippen molar-refractivity contribution < 1.29 is 19.4 Å². The van der Waals surface area contributed by atoms with Gasteiger partial charge >= 0.3 is 0 Å². The van der Waals surface area contributed by atoms with Gasteiger partial charge in [-0.05, 0) is 74.1 Å². The lowest BCUT2D eigenvalue weighted by Gasteiger charge is -2.40. The van der Waals surface area contributed by atoms with Crippen molar-refractivity contribution in [3.63, 3.8) is 0 Å². The van der Waals surface area contributed by atoms with Crippen molar-refractivity contribution in [1.29, 1.82) is 0 Å². The average molecular weight is 515 g/mol. The van der Waals surface area contributed by atoms with Gasteiger partial charge < -0.3 is 25.3 Å². The number of carbonyl (C=O) groups excluding carboxylic acids is 1. The summed E-state index contributed by atoms with van der Waals surface area (Å²) >= 11 is 0. The van der Waals surface area contributed by atoms with Crippen molar-refractivity contribution in [3.8, 4) is 5.75 Å². The molecule has 0 heterocycles. The third-order valence-electron chi connectivity index (χ3n) is 6.89. The summed E-state index contributed by atoms with van der Waals surface area (Å²) in [6.45, 7) is 17.6. The van der Waals surface area contributed by atoms with Crippen molar-refractivity contribution in [2.24, 2.45) is 0 Å². The van der Waals surface area contributed by atoms with Crippen LogP contribution in [0.3, 0.4) is 0 Å². The molecule has 6 nitrogen and oxygen atoms in total. The van der Waals surface area contributed by atoms with Gasteiger partial charge in [-0.1, -0.05) is 51.1 Å². The largest absolute Gasteiger partial charge is 0.508 e. The second-order valence-electron chi connectivity index (χ2n) is 11.6. The molecule has 0 radical (unpaired) electrons. The third kappa shape index (κ3) is 9.03. The Labute approximate surface area is 218 Å². The summed E-state index contributed by atoms with van der Waals surface area (Å²) in [4.78, 5) is 12.2. The number of rotatable bonds is 12. The van der Waals surface area contributed by atoms with Gasteiger partial charge in [0.25, 0.3) is 0 Å².